The van der Waals surface area contributed by atoms with Gasteiger partial charge in [-0.15, -0.1) is 0 Å². The number of rotatable bonds is 4. The smallest absolute Gasteiger partial charge is 0.325 e. The molecule has 1 N–H and O–H groups in total. The summed E-state index contributed by atoms with van der Waals surface area (Å²) >= 11 is 3.35. The molecule has 1 aliphatic rings. The van der Waals surface area contributed by atoms with E-state index in [1.165, 1.54) is 0 Å². The molecule has 1 aromatic carbocycles. The molecule has 5 amide bonds. The molecule has 1 heterocycles. The summed E-state index contributed by atoms with van der Waals surface area (Å²) in [6, 6.07) is 4.45. The lowest BCUT2D eigenvalue weighted by molar-refractivity contribution is -0.143. The van der Waals surface area contributed by atoms with Crippen LogP contribution in [0.3, 0.4) is 0 Å². The normalized spacial score (nSPS) is 14.8. The van der Waals surface area contributed by atoms with Crippen molar-refractivity contribution in [1.29, 1.82) is 0 Å². The molecule has 7 nitrogen and oxygen atoms in total. The van der Waals surface area contributed by atoms with E-state index < -0.39 is 30.3 Å². The van der Waals surface area contributed by atoms with Crippen molar-refractivity contribution in [3.63, 3.8) is 0 Å². The second-order valence-corrected chi connectivity index (χ2v) is 5.59. The van der Waals surface area contributed by atoms with E-state index in [0.29, 0.717) is 10.6 Å². The summed E-state index contributed by atoms with van der Waals surface area (Å²) < 4.78 is 0.902. The highest BCUT2D eigenvalue weighted by Crippen LogP contribution is 2.20. The van der Waals surface area contributed by atoms with E-state index >= 15 is 0 Å². The Morgan fingerprint density at radius 2 is 1.82 bits per heavy atom. The van der Waals surface area contributed by atoms with E-state index in [1.54, 1.807) is 25.1 Å². The number of nitrogens with zero attached hydrogens (tertiary/aromatic N) is 2. The lowest BCUT2D eigenvalue weighted by Gasteiger charge is -2.14. The third-order valence-corrected chi connectivity index (χ3v) is 4.08. The molecule has 22 heavy (non-hydrogen) atoms. The first-order valence-electron chi connectivity index (χ1n) is 6.58. The van der Waals surface area contributed by atoms with E-state index in [-0.39, 0.29) is 6.54 Å². The van der Waals surface area contributed by atoms with Gasteiger partial charge in [0.15, 0.2) is 0 Å². The van der Waals surface area contributed by atoms with Gasteiger partial charge in [0.2, 0.25) is 5.91 Å². The minimum Gasteiger partial charge on any atom is -0.325 e. The summed E-state index contributed by atoms with van der Waals surface area (Å²) in [5, 5.41) is 2.59. The number of nitrogens with one attached hydrogen (secondary N) is 1. The minimum absolute atomic E-state index is 0.0907. The lowest BCUT2D eigenvalue weighted by atomic mass is 10.2. The highest BCUT2D eigenvalue weighted by molar-refractivity contribution is 9.10. The topological polar surface area (TPSA) is 86.8 Å². The fourth-order valence-electron chi connectivity index (χ4n) is 2.04. The molecule has 116 valence electrons. The minimum atomic E-state index is -0.978. The standard InChI is InChI=1S/C14H14BrN3O4/c1-3-17-12(20)13(21)18(14(17)22)7-11(19)16-9-4-5-10(15)8(2)6-9/h4-6H,3,7H2,1-2H3,(H,16,19). The molecule has 1 saturated heterocycles. The number of benzene rings is 1. The number of amides is 5. The highest BCUT2D eigenvalue weighted by atomic mass is 79.9. The van der Waals surface area contributed by atoms with Crippen LogP contribution in [-0.4, -0.2) is 46.6 Å². The van der Waals surface area contributed by atoms with Crippen LogP contribution in [0.2, 0.25) is 0 Å². The van der Waals surface area contributed by atoms with Crippen molar-refractivity contribution in [2.45, 2.75) is 13.8 Å². The maximum absolute atomic E-state index is 12.0. The number of hydrogen-bond donors (Lipinski definition) is 1. The maximum atomic E-state index is 12.0. The average Bonchev–Trinajstić information content (AvgIpc) is 2.66. The molecule has 0 aliphatic carbocycles. The van der Waals surface area contributed by atoms with Gasteiger partial charge in [0.25, 0.3) is 0 Å². The van der Waals surface area contributed by atoms with Gasteiger partial charge in [0, 0.05) is 16.7 Å². The van der Waals surface area contributed by atoms with Crippen molar-refractivity contribution in [2.75, 3.05) is 18.4 Å². The van der Waals surface area contributed by atoms with Gasteiger partial charge in [-0.25, -0.2) is 9.69 Å². The van der Waals surface area contributed by atoms with Crippen LogP contribution in [0.5, 0.6) is 0 Å². The number of carbonyl (C=O) groups is 4. The first-order chi connectivity index (χ1) is 10.3. The van der Waals surface area contributed by atoms with Crippen molar-refractivity contribution >= 4 is 45.4 Å². The molecule has 0 radical (unpaired) electrons. The fourth-order valence-corrected chi connectivity index (χ4v) is 2.28. The summed E-state index contributed by atoms with van der Waals surface area (Å²) in [5.41, 5.74) is 1.47. The van der Waals surface area contributed by atoms with E-state index in [1.807, 2.05) is 6.92 Å². The van der Waals surface area contributed by atoms with Gasteiger partial charge in [-0.2, -0.15) is 0 Å². The van der Waals surface area contributed by atoms with Gasteiger partial charge in [-0.1, -0.05) is 15.9 Å². The highest BCUT2D eigenvalue weighted by Gasteiger charge is 2.44. The van der Waals surface area contributed by atoms with Crippen LogP contribution < -0.4 is 5.32 Å². The molecule has 1 fully saturated rings. The zero-order valence-corrected chi connectivity index (χ0v) is 13.6. The first kappa shape index (κ1) is 16.2. The Labute approximate surface area is 135 Å². The van der Waals surface area contributed by atoms with Crippen LogP contribution in [0.25, 0.3) is 0 Å². The van der Waals surface area contributed by atoms with Gasteiger partial charge in [0.1, 0.15) is 6.54 Å². The molecule has 1 aliphatic heterocycles. The molecule has 0 atom stereocenters. The Morgan fingerprint density at radius 3 is 2.36 bits per heavy atom. The zero-order chi connectivity index (χ0) is 16.4. The first-order valence-corrected chi connectivity index (χ1v) is 7.37. The van der Waals surface area contributed by atoms with Crippen LogP contribution in [0.4, 0.5) is 10.5 Å². The van der Waals surface area contributed by atoms with E-state index in [9.17, 15) is 19.2 Å². The Balaban J connectivity index is 2.06. The van der Waals surface area contributed by atoms with Gasteiger partial charge in [0.05, 0.1) is 0 Å². The number of anilines is 1. The summed E-state index contributed by atoms with van der Waals surface area (Å²) in [7, 11) is 0. The third kappa shape index (κ3) is 3.01. The summed E-state index contributed by atoms with van der Waals surface area (Å²) in [5.74, 6) is -2.43. The number of hydrogen-bond acceptors (Lipinski definition) is 4. The number of likely N-dealkylation sites (N-methyl/N-ethyl adjacent to an activating group) is 1. The van der Waals surface area contributed by atoms with Gasteiger partial charge < -0.3 is 5.32 Å². The average molecular weight is 368 g/mol. The number of aryl methyl sites for hydroxylation is 1. The molecule has 0 bridgehead atoms. The van der Waals surface area contributed by atoms with Gasteiger partial charge in [-0.05, 0) is 37.6 Å². The van der Waals surface area contributed by atoms with Crippen molar-refractivity contribution in [1.82, 2.24) is 9.80 Å². The number of halogens is 1. The molecule has 0 saturated carbocycles. The molecular weight excluding hydrogens is 354 g/mol. The van der Waals surface area contributed by atoms with E-state index in [2.05, 4.69) is 21.2 Å². The van der Waals surface area contributed by atoms with Gasteiger partial charge in [-0.3, -0.25) is 19.3 Å². The molecular formula is C14H14BrN3O4. The lowest BCUT2D eigenvalue weighted by Crippen LogP contribution is -2.38. The SMILES string of the molecule is CCN1C(=O)C(=O)N(CC(=O)Nc2ccc(Br)c(C)c2)C1=O. The van der Waals surface area contributed by atoms with Crippen LogP contribution in [0.15, 0.2) is 22.7 Å². The molecule has 1 aromatic rings. The third-order valence-electron chi connectivity index (χ3n) is 3.19. The molecule has 0 spiro atoms. The Kier molecular flexibility index (Phi) is 4.60. The second kappa shape index (κ2) is 6.27. The summed E-state index contributed by atoms with van der Waals surface area (Å²) in [4.78, 5) is 48.5. The number of carbonyl (C=O) groups excluding carboxylic acids is 4. The number of imide groups is 2. The van der Waals surface area contributed by atoms with Crippen LogP contribution in [0, 0.1) is 6.92 Å². The van der Waals surface area contributed by atoms with Crippen molar-refractivity contribution < 1.29 is 19.2 Å². The maximum Gasteiger partial charge on any atom is 0.334 e. The molecule has 0 unspecified atom stereocenters. The molecule has 2 rings (SSSR count). The largest absolute Gasteiger partial charge is 0.334 e. The van der Waals surface area contributed by atoms with E-state index in [4.69, 9.17) is 0 Å². The van der Waals surface area contributed by atoms with Crippen LogP contribution >= 0.6 is 15.9 Å². The summed E-state index contributed by atoms with van der Waals surface area (Å²) in [6.45, 7) is 3.05. The predicted octanol–water partition coefficient (Wildman–Crippen LogP) is 1.51. The monoisotopic (exact) mass is 367 g/mol. The van der Waals surface area contributed by atoms with Crippen LogP contribution in [-0.2, 0) is 14.4 Å². The van der Waals surface area contributed by atoms with Crippen molar-refractivity contribution in [3.05, 3.63) is 28.2 Å². The summed E-state index contributed by atoms with van der Waals surface area (Å²) in [6.07, 6.45) is 0. The van der Waals surface area contributed by atoms with Crippen molar-refractivity contribution in [2.24, 2.45) is 0 Å². The second-order valence-electron chi connectivity index (χ2n) is 4.74. The Bertz CT molecular complexity index is 674. The van der Waals surface area contributed by atoms with E-state index in [0.717, 1.165) is 14.9 Å². The predicted molar refractivity (Wildman–Crippen MR) is 82.0 cm³/mol. The fraction of sp³-hybridized carbons (Fsp3) is 0.286. The molecule has 0 aromatic heterocycles. The van der Waals surface area contributed by atoms with Crippen LogP contribution in [0.1, 0.15) is 12.5 Å². The van der Waals surface area contributed by atoms with Gasteiger partial charge >= 0.3 is 17.8 Å². The Hall–Kier alpha value is -2.22. The quantitative estimate of drug-likeness (QED) is 0.645. The van der Waals surface area contributed by atoms with Crippen molar-refractivity contribution in [3.8, 4) is 0 Å². The Morgan fingerprint density at radius 1 is 1.18 bits per heavy atom. The number of urea groups is 1. The molecule has 8 heteroatoms. The zero-order valence-electron chi connectivity index (χ0n) is 12.1.